The van der Waals surface area contributed by atoms with Gasteiger partial charge in [0.15, 0.2) is 0 Å². The minimum Gasteiger partial charge on any atom is -0.473 e. The fourth-order valence-corrected chi connectivity index (χ4v) is 2.01. The zero-order valence-corrected chi connectivity index (χ0v) is 12.6. The van der Waals surface area contributed by atoms with E-state index in [2.05, 4.69) is 15.2 Å². The summed E-state index contributed by atoms with van der Waals surface area (Å²) in [7, 11) is 4.48. The van der Waals surface area contributed by atoms with Gasteiger partial charge in [0.2, 0.25) is 11.4 Å². The summed E-state index contributed by atoms with van der Waals surface area (Å²) < 4.78 is 10.6. The third kappa shape index (κ3) is 3.89. The van der Waals surface area contributed by atoms with E-state index in [1.807, 2.05) is 0 Å². The molecule has 0 spiro atoms. The Kier molecular flexibility index (Phi) is 5.06. The van der Waals surface area contributed by atoms with Crippen LogP contribution in [0.4, 0.5) is 9.93 Å². The number of carbonyl (C=O) groups is 1. The highest BCUT2D eigenvalue weighted by atomic mass is 32.1. The summed E-state index contributed by atoms with van der Waals surface area (Å²) in [6.45, 7) is 0.213. The van der Waals surface area contributed by atoms with Gasteiger partial charge in [0.05, 0.1) is 13.4 Å². The normalized spacial score (nSPS) is 16.4. The first-order valence-electron chi connectivity index (χ1n) is 5.97. The first-order chi connectivity index (χ1) is 10.1. The van der Waals surface area contributed by atoms with Gasteiger partial charge in [0.25, 0.3) is 5.19 Å². The molecule has 0 N–H and O–H groups in total. The number of hydroxylamine groups is 2. The van der Waals surface area contributed by atoms with Crippen molar-refractivity contribution in [3.8, 4) is 5.19 Å². The third-order valence-corrected chi connectivity index (χ3v) is 3.43. The molecule has 114 valence electrons. The topological polar surface area (TPSA) is 89.4 Å². The van der Waals surface area contributed by atoms with Gasteiger partial charge < -0.3 is 9.47 Å². The molecule has 0 fully saturated rings. The molecule has 0 aliphatic carbocycles. The lowest BCUT2D eigenvalue weighted by Crippen LogP contribution is -2.38. The number of amides is 2. The number of allylic oxidation sites excluding steroid dienone is 1. The molecule has 10 heteroatoms. The number of hydrogen-bond acceptors (Lipinski definition) is 8. The summed E-state index contributed by atoms with van der Waals surface area (Å²) in [5.41, 5.74) is 0. The smallest absolute Gasteiger partial charge is 0.349 e. The second-order valence-corrected chi connectivity index (χ2v) is 4.82. The second kappa shape index (κ2) is 6.99. The van der Waals surface area contributed by atoms with Crippen LogP contribution >= 0.6 is 11.3 Å². The Balaban J connectivity index is 1.90. The molecule has 0 aromatic carbocycles. The number of ether oxygens (including phenoxy) is 2. The first-order valence-corrected chi connectivity index (χ1v) is 6.79. The Hall–Kier alpha value is -2.20. The van der Waals surface area contributed by atoms with Gasteiger partial charge in [-0.05, 0) is 17.4 Å². The van der Waals surface area contributed by atoms with Crippen LogP contribution in [0.15, 0.2) is 17.3 Å². The molecule has 1 aliphatic heterocycles. The average Bonchev–Trinajstić information content (AvgIpc) is 3.00. The number of urea groups is 1. The van der Waals surface area contributed by atoms with E-state index in [-0.39, 0.29) is 12.6 Å². The van der Waals surface area contributed by atoms with E-state index in [4.69, 9.17) is 14.3 Å². The maximum absolute atomic E-state index is 11.9. The van der Waals surface area contributed by atoms with Gasteiger partial charge in [-0.2, -0.15) is 0 Å². The molecule has 0 saturated carbocycles. The summed E-state index contributed by atoms with van der Waals surface area (Å²) in [5.74, 6) is 0. The first kappa shape index (κ1) is 15.2. The summed E-state index contributed by atoms with van der Waals surface area (Å²) in [6, 6.07) is -0.370. The predicted molar refractivity (Wildman–Crippen MR) is 76.5 cm³/mol. The fourth-order valence-electron chi connectivity index (χ4n) is 1.34. The van der Waals surface area contributed by atoms with Gasteiger partial charge in [-0.3, -0.25) is 9.74 Å². The van der Waals surface area contributed by atoms with Crippen molar-refractivity contribution in [2.75, 3.05) is 32.7 Å². The van der Waals surface area contributed by atoms with Crippen molar-refractivity contribution in [2.45, 2.75) is 6.23 Å². The van der Waals surface area contributed by atoms with Crippen LogP contribution in [-0.4, -0.2) is 61.5 Å². The van der Waals surface area contributed by atoms with Crippen molar-refractivity contribution in [2.24, 2.45) is 4.99 Å². The van der Waals surface area contributed by atoms with Gasteiger partial charge in [-0.15, -0.1) is 5.10 Å². The number of hydrogen-bond donors (Lipinski definition) is 0. The molecular weight excluding hydrogens is 298 g/mol. The van der Waals surface area contributed by atoms with E-state index in [0.29, 0.717) is 10.3 Å². The van der Waals surface area contributed by atoms with Crippen LogP contribution in [0.1, 0.15) is 0 Å². The zero-order chi connectivity index (χ0) is 15.2. The van der Waals surface area contributed by atoms with E-state index in [1.54, 1.807) is 25.6 Å². The Morgan fingerprint density at radius 3 is 2.95 bits per heavy atom. The van der Waals surface area contributed by atoms with E-state index in [1.165, 1.54) is 19.1 Å². The SMILES string of the molecule is CON(C)C(=O)N(C)c1nnc(OCC2N=CC=CO2)s1. The second-order valence-electron chi connectivity index (χ2n) is 3.90. The molecule has 1 aromatic heterocycles. The predicted octanol–water partition coefficient (Wildman–Crippen LogP) is 0.907. The number of aliphatic imine (C=N–C) groups is 1. The van der Waals surface area contributed by atoms with Crippen LogP contribution in [0.5, 0.6) is 5.19 Å². The summed E-state index contributed by atoms with van der Waals surface area (Å²) in [6.07, 6.45) is 4.46. The zero-order valence-electron chi connectivity index (χ0n) is 11.8. The molecule has 9 nitrogen and oxygen atoms in total. The molecule has 21 heavy (non-hydrogen) atoms. The minimum atomic E-state index is -0.402. The van der Waals surface area contributed by atoms with E-state index < -0.39 is 6.23 Å². The molecule has 0 radical (unpaired) electrons. The molecule has 1 aromatic rings. The molecule has 1 unspecified atom stereocenters. The lowest BCUT2D eigenvalue weighted by atomic mass is 10.5. The summed E-state index contributed by atoms with van der Waals surface area (Å²) in [5, 5.41) is 9.56. The standard InChI is InChI=1S/C11H15N5O4S/c1-15(11(17)16(2)18-3)9-13-14-10(21-9)20-7-8-12-5-4-6-19-8/h4-6,8H,7H2,1-3H3. The molecule has 2 heterocycles. The van der Waals surface area contributed by atoms with Crippen LogP contribution in [0.3, 0.4) is 0 Å². The Labute approximate surface area is 125 Å². The van der Waals surface area contributed by atoms with Crippen molar-refractivity contribution in [3.63, 3.8) is 0 Å². The maximum atomic E-state index is 11.9. The highest BCUT2D eigenvalue weighted by molar-refractivity contribution is 7.17. The van der Waals surface area contributed by atoms with Crippen LogP contribution in [0.2, 0.25) is 0 Å². The number of anilines is 1. The van der Waals surface area contributed by atoms with Crippen LogP contribution in [-0.2, 0) is 9.57 Å². The van der Waals surface area contributed by atoms with Gasteiger partial charge in [0, 0.05) is 20.3 Å². The highest BCUT2D eigenvalue weighted by Gasteiger charge is 2.20. The number of nitrogens with zero attached hydrogens (tertiary/aromatic N) is 5. The Morgan fingerprint density at radius 1 is 1.48 bits per heavy atom. The lowest BCUT2D eigenvalue weighted by Gasteiger charge is -2.19. The average molecular weight is 313 g/mol. The maximum Gasteiger partial charge on any atom is 0.349 e. The van der Waals surface area contributed by atoms with Crippen LogP contribution < -0.4 is 9.64 Å². The molecule has 2 rings (SSSR count). The van der Waals surface area contributed by atoms with Gasteiger partial charge in [0.1, 0.15) is 6.61 Å². The lowest BCUT2D eigenvalue weighted by molar-refractivity contribution is -0.0619. The Bertz CT molecular complexity index is 546. The molecule has 1 aliphatic rings. The molecule has 0 bridgehead atoms. The molecule has 1 atom stereocenters. The van der Waals surface area contributed by atoms with E-state index in [9.17, 15) is 4.79 Å². The number of carbonyl (C=O) groups excluding carboxylic acids is 1. The van der Waals surface area contributed by atoms with Crippen LogP contribution in [0.25, 0.3) is 0 Å². The highest BCUT2D eigenvalue weighted by Crippen LogP contribution is 2.25. The quantitative estimate of drug-likeness (QED) is 0.751. The molecular formula is C11H15N5O4S. The van der Waals surface area contributed by atoms with Crippen molar-refractivity contribution in [1.29, 1.82) is 0 Å². The van der Waals surface area contributed by atoms with Crippen molar-refractivity contribution >= 4 is 28.7 Å². The third-order valence-electron chi connectivity index (χ3n) is 2.51. The Morgan fingerprint density at radius 2 is 2.29 bits per heavy atom. The number of aromatic nitrogens is 2. The van der Waals surface area contributed by atoms with Crippen molar-refractivity contribution in [1.82, 2.24) is 15.3 Å². The molecule has 0 saturated heterocycles. The van der Waals surface area contributed by atoms with E-state index in [0.717, 1.165) is 16.4 Å². The fraction of sp³-hybridized carbons (Fsp3) is 0.455. The molecule has 2 amide bonds. The minimum absolute atomic E-state index is 0.213. The largest absolute Gasteiger partial charge is 0.473 e. The monoisotopic (exact) mass is 313 g/mol. The van der Waals surface area contributed by atoms with Crippen LogP contribution in [0, 0.1) is 0 Å². The van der Waals surface area contributed by atoms with Gasteiger partial charge >= 0.3 is 6.03 Å². The van der Waals surface area contributed by atoms with Crippen molar-refractivity contribution < 1.29 is 19.1 Å². The van der Waals surface area contributed by atoms with Gasteiger partial charge in [-0.25, -0.2) is 14.9 Å². The van der Waals surface area contributed by atoms with E-state index >= 15 is 0 Å². The summed E-state index contributed by atoms with van der Waals surface area (Å²) >= 11 is 1.14. The van der Waals surface area contributed by atoms with Crippen molar-refractivity contribution in [3.05, 3.63) is 12.3 Å². The van der Waals surface area contributed by atoms with Gasteiger partial charge in [-0.1, -0.05) is 5.10 Å². The number of rotatable bonds is 5. The summed E-state index contributed by atoms with van der Waals surface area (Å²) in [4.78, 5) is 22.1.